The van der Waals surface area contributed by atoms with Crippen LogP contribution in [0.2, 0.25) is 0 Å². The minimum Gasteiger partial charge on any atom is -0.477 e. The molecule has 10 heteroatoms. The summed E-state index contributed by atoms with van der Waals surface area (Å²) in [5.41, 5.74) is -0.259. The van der Waals surface area contributed by atoms with Crippen LogP contribution in [-0.4, -0.2) is 65.1 Å². The zero-order valence-corrected chi connectivity index (χ0v) is 17.3. The number of anilines is 1. The second kappa shape index (κ2) is 8.45. The minimum absolute atomic E-state index is 0.0461. The summed E-state index contributed by atoms with van der Waals surface area (Å²) < 4.78 is 16.8. The molecule has 1 aliphatic heterocycles. The largest absolute Gasteiger partial charge is 0.477 e. The monoisotopic (exact) mass is 442 g/mol. The average Bonchev–Trinajstić information content (AvgIpc) is 3.62. The van der Waals surface area contributed by atoms with Crippen molar-refractivity contribution in [3.8, 4) is 0 Å². The summed E-state index contributed by atoms with van der Waals surface area (Å²) >= 11 is 0. The second-order valence-electron chi connectivity index (χ2n) is 7.93. The normalized spacial score (nSPS) is 16.2. The Kier molecular flexibility index (Phi) is 5.68. The molecule has 32 heavy (non-hydrogen) atoms. The van der Waals surface area contributed by atoms with Crippen molar-refractivity contribution in [2.24, 2.45) is 0 Å². The summed E-state index contributed by atoms with van der Waals surface area (Å²) in [5, 5.41) is 11.8. The average molecular weight is 442 g/mol. The highest BCUT2D eigenvalue weighted by Crippen LogP contribution is 2.38. The highest BCUT2D eigenvalue weighted by Gasteiger charge is 2.29. The van der Waals surface area contributed by atoms with Gasteiger partial charge in [-0.3, -0.25) is 14.4 Å². The van der Waals surface area contributed by atoms with E-state index in [0.717, 1.165) is 25.0 Å². The van der Waals surface area contributed by atoms with Crippen LogP contribution in [0.1, 0.15) is 29.2 Å². The van der Waals surface area contributed by atoms with E-state index in [1.807, 2.05) is 0 Å². The van der Waals surface area contributed by atoms with Crippen molar-refractivity contribution in [3.05, 3.63) is 52.6 Å². The first kappa shape index (κ1) is 21.5. The number of rotatable bonds is 6. The van der Waals surface area contributed by atoms with Crippen LogP contribution >= 0.6 is 0 Å². The van der Waals surface area contributed by atoms with Crippen molar-refractivity contribution < 1.29 is 23.9 Å². The summed E-state index contributed by atoms with van der Waals surface area (Å²) in [5.74, 6) is -2.61. The third kappa shape index (κ3) is 4.08. The highest BCUT2D eigenvalue weighted by atomic mass is 19.1. The Balaban J connectivity index is 1.58. The van der Waals surface area contributed by atoms with Crippen molar-refractivity contribution in [1.29, 1.82) is 0 Å². The number of carbonyl (C=O) groups is 3. The Morgan fingerprint density at radius 2 is 1.88 bits per heavy atom. The lowest BCUT2D eigenvalue weighted by Gasteiger charge is -2.36. The van der Waals surface area contributed by atoms with Crippen molar-refractivity contribution >= 4 is 34.4 Å². The predicted molar refractivity (Wildman–Crippen MR) is 115 cm³/mol. The van der Waals surface area contributed by atoms with Crippen LogP contribution < -0.4 is 15.6 Å². The number of aromatic nitrogens is 1. The maximum absolute atomic E-state index is 15.0. The first-order chi connectivity index (χ1) is 15.3. The molecule has 2 N–H and O–H groups in total. The Morgan fingerprint density at radius 1 is 1.19 bits per heavy atom. The van der Waals surface area contributed by atoms with Gasteiger partial charge in [-0.2, -0.15) is 0 Å². The van der Waals surface area contributed by atoms with Crippen LogP contribution in [0.4, 0.5) is 10.1 Å². The zero-order chi connectivity index (χ0) is 23.0. The molecule has 1 saturated heterocycles. The van der Waals surface area contributed by atoms with Gasteiger partial charge in [0.05, 0.1) is 17.7 Å². The maximum atomic E-state index is 15.0. The van der Waals surface area contributed by atoms with Crippen LogP contribution in [0.3, 0.4) is 0 Å². The van der Waals surface area contributed by atoms with E-state index in [1.54, 1.807) is 20.4 Å². The number of nitrogens with one attached hydrogen (secondary N) is 1. The zero-order valence-electron chi connectivity index (χ0n) is 17.3. The van der Waals surface area contributed by atoms with E-state index in [1.165, 1.54) is 6.20 Å². The molecule has 168 valence electrons. The number of hydrogen-bond donors (Lipinski definition) is 2. The van der Waals surface area contributed by atoms with Crippen LogP contribution in [0.15, 0.2) is 35.8 Å². The molecule has 0 spiro atoms. The molecular formula is C22H23FN4O5. The van der Waals surface area contributed by atoms with Gasteiger partial charge in [-0.05, 0) is 31.1 Å². The second-order valence-corrected chi connectivity index (χ2v) is 7.93. The molecule has 2 aliphatic rings. The van der Waals surface area contributed by atoms with Crippen molar-refractivity contribution in [2.45, 2.75) is 18.9 Å². The van der Waals surface area contributed by atoms with Gasteiger partial charge in [0.2, 0.25) is 17.2 Å². The fourth-order valence-corrected chi connectivity index (χ4v) is 3.95. The number of hydrogen-bond acceptors (Lipinski definition) is 5. The van der Waals surface area contributed by atoms with Crippen LogP contribution in [0.5, 0.6) is 0 Å². The number of nitrogens with zero attached hydrogens (tertiary/aromatic N) is 3. The van der Waals surface area contributed by atoms with Crippen LogP contribution in [0.25, 0.3) is 10.9 Å². The molecule has 2 heterocycles. The van der Waals surface area contributed by atoms with Gasteiger partial charge in [0.15, 0.2) is 0 Å². The van der Waals surface area contributed by atoms with E-state index >= 15 is 0 Å². The SMILES string of the molecule is C=CC(=O)NCC(=O)N1CCN(c2cc3c(cc2F)c(=O)c(C(=O)O)cn3C2CC2)CC1. The standard InChI is InChI=1S/C22H23FN4O5/c1-2-19(28)24-11-20(29)26-7-5-25(6-8-26)18-10-17-14(9-16(18)23)21(30)15(22(31)32)12-27(17)13-3-4-13/h2,9-10,12-13H,1,3-8,11H2,(H,24,28)(H,31,32). The van der Waals surface area contributed by atoms with Gasteiger partial charge in [-0.25, -0.2) is 9.18 Å². The number of carboxylic acid groups (broad SMARTS) is 1. The molecule has 1 saturated carbocycles. The highest BCUT2D eigenvalue weighted by molar-refractivity contribution is 5.94. The van der Waals surface area contributed by atoms with Gasteiger partial charge >= 0.3 is 5.97 Å². The molecule has 0 radical (unpaired) electrons. The molecule has 2 fully saturated rings. The number of aromatic carboxylic acids is 1. The van der Waals surface area contributed by atoms with Gasteiger partial charge < -0.3 is 24.8 Å². The molecule has 0 unspecified atom stereocenters. The molecule has 0 bridgehead atoms. The summed E-state index contributed by atoms with van der Waals surface area (Å²) in [6.07, 6.45) is 4.18. The lowest BCUT2D eigenvalue weighted by Crippen LogP contribution is -2.51. The number of carbonyl (C=O) groups excluding carboxylic acids is 2. The molecular weight excluding hydrogens is 419 g/mol. The third-order valence-corrected chi connectivity index (χ3v) is 5.84. The maximum Gasteiger partial charge on any atom is 0.341 e. The number of piperazine rings is 1. The van der Waals surface area contributed by atoms with Crippen LogP contribution in [-0.2, 0) is 9.59 Å². The third-order valence-electron chi connectivity index (χ3n) is 5.84. The van der Waals surface area contributed by atoms with Crippen molar-refractivity contribution in [3.63, 3.8) is 0 Å². The lowest BCUT2D eigenvalue weighted by atomic mass is 10.1. The Hall–Kier alpha value is -3.69. The molecule has 0 atom stereocenters. The van der Waals surface area contributed by atoms with Gasteiger partial charge in [0.25, 0.3) is 0 Å². The fraction of sp³-hybridized carbons (Fsp3) is 0.364. The first-order valence-corrected chi connectivity index (χ1v) is 10.3. The molecule has 1 aromatic heterocycles. The fourth-order valence-electron chi connectivity index (χ4n) is 3.95. The van der Waals surface area contributed by atoms with E-state index < -0.39 is 23.1 Å². The van der Waals surface area contributed by atoms with Gasteiger partial charge in [-0.1, -0.05) is 6.58 Å². The van der Waals surface area contributed by atoms with E-state index in [-0.39, 0.29) is 29.4 Å². The Morgan fingerprint density at radius 3 is 2.47 bits per heavy atom. The Bertz CT molecular complexity index is 1180. The molecule has 4 rings (SSSR count). The summed E-state index contributed by atoms with van der Waals surface area (Å²) in [4.78, 5) is 51.0. The van der Waals surface area contributed by atoms with Crippen molar-refractivity contribution in [1.82, 2.24) is 14.8 Å². The van der Waals surface area contributed by atoms with Crippen LogP contribution in [0, 0.1) is 5.82 Å². The van der Waals surface area contributed by atoms with E-state index in [4.69, 9.17) is 0 Å². The quantitative estimate of drug-likeness (QED) is 0.649. The summed E-state index contributed by atoms with van der Waals surface area (Å²) in [7, 11) is 0. The number of fused-ring (bicyclic) bond motifs is 1. The molecule has 1 aliphatic carbocycles. The molecule has 9 nitrogen and oxygen atoms in total. The molecule has 2 aromatic rings. The van der Waals surface area contributed by atoms with Crippen molar-refractivity contribution in [2.75, 3.05) is 37.6 Å². The number of amides is 2. The topological polar surface area (TPSA) is 112 Å². The lowest BCUT2D eigenvalue weighted by molar-refractivity contribution is -0.132. The van der Waals surface area contributed by atoms with Gasteiger partial charge in [0, 0.05) is 43.8 Å². The number of carboxylic acids is 1. The number of halogens is 1. The van der Waals surface area contributed by atoms with E-state index in [0.29, 0.717) is 37.4 Å². The summed E-state index contributed by atoms with van der Waals surface area (Å²) in [6.45, 7) is 4.67. The molecule has 1 aromatic carbocycles. The molecule has 2 amide bonds. The number of benzene rings is 1. The van der Waals surface area contributed by atoms with Gasteiger partial charge in [-0.15, -0.1) is 0 Å². The first-order valence-electron chi connectivity index (χ1n) is 10.3. The van der Waals surface area contributed by atoms with E-state index in [2.05, 4.69) is 11.9 Å². The van der Waals surface area contributed by atoms with Gasteiger partial charge in [0.1, 0.15) is 11.4 Å². The number of pyridine rings is 1. The predicted octanol–water partition coefficient (Wildman–Crippen LogP) is 1.12. The van der Waals surface area contributed by atoms with E-state index in [9.17, 15) is 28.7 Å². The minimum atomic E-state index is -1.33. The Labute approximate surface area is 182 Å². The smallest absolute Gasteiger partial charge is 0.341 e. The summed E-state index contributed by atoms with van der Waals surface area (Å²) in [6, 6.07) is 2.80.